The lowest BCUT2D eigenvalue weighted by atomic mass is 9.66. The van der Waals surface area contributed by atoms with Gasteiger partial charge in [0.2, 0.25) is 0 Å². The van der Waals surface area contributed by atoms with Crippen LogP contribution >= 0.6 is 0 Å². The second-order valence-corrected chi connectivity index (χ2v) is 7.71. The van der Waals surface area contributed by atoms with Crippen molar-refractivity contribution in [2.45, 2.75) is 52.0 Å². The standard InChI is InChI=1S/C19H26N2/c1-18(2,3)15-8-10-19(20,11-9-15)16-12-14-6-4-5-7-17(14)21-13-16/h4-7,12-13,15H,8-11,20H2,1-3H3. The number of benzene rings is 1. The normalized spacial score (nSPS) is 27.0. The van der Waals surface area contributed by atoms with E-state index >= 15 is 0 Å². The van der Waals surface area contributed by atoms with Crippen molar-refractivity contribution in [1.29, 1.82) is 0 Å². The Morgan fingerprint density at radius 3 is 2.48 bits per heavy atom. The zero-order valence-corrected chi connectivity index (χ0v) is 13.4. The van der Waals surface area contributed by atoms with Crippen LogP contribution < -0.4 is 5.73 Å². The summed E-state index contributed by atoms with van der Waals surface area (Å²) in [6.45, 7) is 7.04. The second-order valence-electron chi connectivity index (χ2n) is 7.71. The number of hydrogen-bond donors (Lipinski definition) is 1. The highest BCUT2D eigenvalue weighted by atomic mass is 14.8. The van der Waals surface area contributed by atoms with Gasteiger partial charge in [-0.15, -0.1) is 0 Å². The number of fused-ring (bicyclic) bond motifs is 1. The van der Waals surface area contributed by atoms with Gasteiger partial charge in [-0.1, -0.05) is 39.0 Å². The first-order valence-electron chi connectivity index (χ1n) is 8.03. The van der Waals surface area contributed by atoms with E-state index in [4.69, 9.17) is 5.73 Å². The van der Waals surface area contributed by atoms with E-state index < -0.39 is 0 Å². The van der Waals surface area contributed by atoms with E-state index in [0.717, 1.165) is 24.3 Å². The highest BCUT2D eigenvalue weighted by molar-refractivity contribution is 5.79. The third-order valence-corrected chi connectivity index (χ3v) is 5.27. The molecule has 0 unspecified atom stereocenters. The molecule has 0 bridgehead atoms. The van der Waals surface area contributed by atoms with E-state index in [1.807, 2.05) is 12.3 Å². The maximum absolute atomic E-state index is 6.74. The Balaban J connectivity index is 1.85. The summed E-state index contributed by atoms with van der Waals surface area (Å²) in [5.41, 5.74) is 9.18. The molecule has 0 spiro atoms. The Morgan fingerprint density at radius 1 is 1.14 bits per heavy atom. The SMILES string of the molecule is CC(C)(C)C1CCC(N)(c2cnc3ccccc3c2)CC1. The fourth-order valence-electron chi connectivity index (χ4n) is 3.63. The molecule has 1 heterocycles. The highest BCUT2D eigenvalue weighted by Crippen LogP contribution is 2.44. The molecule has 3 rings (SSSR count). The summed E-state index contributed by atoms with van der Waals surface area (Å²) in [5.74, 6) is 0.780. The van der Waals surface area contributed by atoms with E-state index in [2.05, 4.69) is 50.0 Å². The summed E-state index contributed by atoms with van der Waals surface area (Å²) in [5, 5.41) is 1.19. The van der Waals surface area contributed by atoms with Crippen molar-refractivity contribution >= 4 is 10.9 Å². The van der Waals surface area contributed by atoms with Crippen molar-refractivity contribution in [3.05, 3.63) is 42.1 Å². The fraction of sp³-hybridized carbons (Fsp3) is 0.526. The minimum atomic E-state index is -0.196. The van der Waals surface area contributed by atoms with E-state index in [1.165, 1.54) is 23.8 Å². The van der Waals surface area contributed by atoms with Gasteiger partial charge in [0.25, 0.3) is 0 Å². The molecule has 1 aromatic heterocycles. The molecule has 2 nitrogen and oxygen atoms in total. The minimum Gasteiger partial charge on any atom is -0.321 e. The van der Waals surface area contributed by atoms with Gasteiger partial charge in [-0.05, 0) is 54.7 Å². The largest absolute Gasteiger partial charge is 0.321 e. The molecule has 21 heavy (non-hydrogen) atoms. The topological polar surface area (TPSA) is 38.9 Å². The second kappa shape index (κ2) is 5.10. The molecule has 112 valence electrons. The molecule has 1 aromatic carbocycles. The average Bonchev–Trinajstić information content (AvgIpc) is 2.46. The first kappa shape index (κ1) is 14.5. The lowest BCUT2D eigenvalue weighted by Crippen LogP contribution is -2.42. The summed E-state index contributed by atoms with van der Waals surface area (Å²) in [7, 11) is 0. The number of hydrogen-bond acceptors (Lipinski definition) is 2. The molecule has 1 fully saturated rings. The van der Waals surface area contributed by atoms with Gasteiger partial charge in [0.1, 0.15) is 0 Å². The molecule has 2 heteroatoms. The summed E-state index contributed by atoms with van der Waals surface area (Å²) < 4.78 is 0. The van der Waals surface area contributed by atoms with Crippen LogP contribution in [-0.2, 0) is 5.54 Å². The molecule has 0 aliphatic heterocycles. The van der Waals surface area contributed by atoms with E-state index in [-0.39, 0.29) is 5.54 Å². The first-order chi connectivity index (χ1) is 9.88. The van der Waals surface area contributed by atoms with Crippen LogP contribution in [0.1, 0.15) is 52.0 Å². The minimum absolute atomic E-state index is 0.196. The Hall–Kier alpha value is -1.41. The van der Waals surface area contributed by atoms with E-state index in [1.54, 1.807) is 0 Å². The highest BCUT2D eigenvalue weighted by Gasteiger charge is 2.37. The maximum atomic E-state index is 6.74. The van der Waals surface area contributed by atoms with Crippen LogP contribution in [0.15, 0.2) is 36.5 Å². The molecule has 0 radical (unpaired) electrons. The van der Waals surface area contributed by atoms with Gasteiger partial charge in [0.15, 0.2) is 0 Å². The quantitative estimate of drug-likeness (QED) is 0.828. The number of pyridine rings is 1. The van der Waals surface area contributed by atoms with Crippen molar-refractivity contribution in [2.24, 2.45) is 17.1 Å². The molecule has 1 aliphatic carbocycles. The van der Waals surface area contributed by atoms with Crippen LogP contribution in [0.3, 0.4) is 0 Å². The summed E-state index contributed by atoms with van der Waals surface area (Å²) in [4.78, 5) is 4.59. The number of rotatable bonds is 1. The average molecular weight is 282 g/mol. The first-order valence-corrected chi connectivity index (χ1v) is 8.03. The van der Waals surface area contributed by atoms with E-state index in [0.29, 0.717) is 5.41 Å². The molecule has 0 atom stereocenters. The van der Waals surface area contributed by atoms with Gasteiger partial charge in [0.05, 0.1) is 5.52 Å². The van der Waals surface area contributed by atoms with Crippen molar-refractivity contribution in [3.8, 4) is 0 Å². The Bertz CT molecular complexity index is 631. The van der Waals surface area contributed by atoms with Crippen LogP contribution in [0.2, 0.25) is 0 Å². The molecule has 2 aromatic rings. The van der Waals surface area contributed by atoms with Crippen molar-refractivity contribution in [3.63, 3.8) is 0 Å². The lowest BCUT2D eigenvalue weighted by Gasteiger charge is -2.42. The van der Waals surface area contributed by atoms with Crippen LogP contribution in [-0.4, -0.2) is 4.98 Å². The third-order valence-electron chi connectivity index (χ3n) is 5.27. The van der Waals surface area contributed by atoms with Crippen molar-refractivity contribution in [1.82, 2.24) is 4.98 Å². The molecule has 1 aliphatic rings. The van der Waals surface area contributed by atoms with Crippen LogP contribution in [0.5, 0.6) is 0 Å². The van der Waals surface area contributed by atoms with Gasteiger partial charge < -0.3 is 5.73 Å². The number of nitrogens with two attached hydrogens (primary N) is 1. The Labute approximate surface area is 127 Å². The predicted molar refractivity (Wildman–Crippen MR) is 89.0 cm³/mol. The Morgan fingerprint density at radius 2 is 1.81 bits per heavy atom. The molecule has 1 saturated carbocycles. The van der Waals surface area contributed by atoms with Gasteiger partial charge in [-0.25, -0.2) is 0 Å². The smallest absolute Gasteiger partial charge is 0.0702 e. The van der Waals surface area contributed by atoms with Gasteiger partial charge in [0, 0.05) is 17.1 Å². The van der Waals surface area contributed by atoms with Crippen molar-refractivity contribution in [2.75, 3.05) is 0 Å². The van der Waals surface area contributed by atoms with Gasteiger partial charge in [-0.3, -0.25) is 4.98 Å². The number of aromatic nitrogens is 1. The zero-order valence-electron chi connectivity index (χ0n) is 13.4. The van der Waals surface area contributed by atoms with E-state index in [9.17, 15) is 0 Å². The monoisotopic (exact) mass is 282 g/mol. The summed E-state index contributed by atoms with van der Waals surface area (Å²) in [6.07, 6.45) is 6.54. The van der Waals surface area contributed by atoms with Gasteiger partial charge in [-0.2, -0.15) is 0 Å². The number of nitrogens with zero attached hydrogens (tertiary/aromatic N) is 1. The van der Waals surface area contributed by atoms with Crippen LogP contribution in [0.25, 0.3) is 10.9 Å². The summed E-state index contributed by atoms with van der Waals surface area (Å²) in [6, 6.07) is 10.5. The van der Waals surface area contributed by atoms with Crippen LogP contribution in [0, 0.1) is 11.3 Å². The Kier molecular flexibility index (Phi) is 3.53. The fourth-order valence-corrected chi connectivity index (χ4v) is 3.63. The molecule has 0 saturated heterocycles. The summed E-state index contributed by atoms with van der Waals surface area (Å²) >= 11 is 0. The molecule has 2 N–H and O–H groups in total. The van der Waals surface area contributed by atoms with Crippen LogP contribution in [0.4, 0.5) is 0 Å². The molecule has 0 amide bonds. The lowest BCUT2D eigenvalue weighted by molar-refractivity contribution is 0.134. The van der Waals surface area contributed by atoms with Gasteiger partial charge >= 0.3 is 0 Å². The predicted octanol–water partition coefficient (Wildman–Crippen LogP) is 4.63. The zero-order chi connectivity index (χ0) is 15.1. The number of para-hydroxylation sites is 1. The third kappa shape index (κ3) is 2.82. The van der Waals surface area contributed by atoms with Crippen molar-refractivity contribution < 1.29 is 0 Å². The molecular weight excluding hydrogens is 256 g/mol. The molecular formula is C19H26N2. The maximum Gasteiger partial charge on any atom is 0.0702 e.